The summed E-state index contributed by atoms with van der Waals surface area (Å²) in [5.74, 6) is -5.84. The average Bonchev–Trinajstić information content (AvgIpc) is 3.27. The quantitative estimate of drug-likeness (QED) is 0.233. The molecule has 37 heavy (non-hydrogen) atoms. The molecule has 3 atom stereocenters. The molecule has 0 aliphatic heterocycles. The minimum absolute atomic E-state index is 0.0166. The SMILES string of the molecule is CC(O)CC[C@H](NC(=O)c1cnc(-c2ccc(F)cc2F)o1)C(=O)N[C@@H](CCC(F)(F)F)C(=O)C(N)=S. The molecule has 0 saturated carbocycles. The van der Waals surface area contributed by atoms with Crippen LogP contribution in [0.25, 0.3) is 11.5 Å². The van der Waals surface area contributed by atoms with Crippen molar-refractivity contribution in [3.63, 3.8) is 0 Å². The summed E-state index contributed by atoms with van der Waals surface area (Å²) >= 11 is 4.52. The Labute approximate surface area is 212 Å². The van der Waals surface area contributed by atoms with E-state index in [0.29, 0.717) is 6.07 Å². The molecular weight excluding hydrogens is 527 g/mol. The lowest BCUT2D eigenvalue weighted by Gasteiger charge is -2.23. The lowest BCUT2D eigenvalue weighted by Crippen LogP contribution is -2.53. The Balaban J connectivity index is 2.21. The molecule has 0 bridgehead atoms. The molecule has 0 aliphatic rings. The van der Waals surface area contributed by atoms with Crippen LogP contribution in [0.3, 0.4) is 0 Å². The minimum Gasteiger partial charge on any atom is -0.431 e. The van der Waals surface area contributed by atoms with E-state index in [0.717, 1.165) is 18.3 Å². The van der Waals surface area contributed by atoms with E-state index < -0.39 is 77.2 Å². The predicted octanol–water partition coefficient (Wildman–Crippen LogP) is 2.56. The van der Waals surface area contributed by atoms with Crippen LogP contribution >= 0.6 is 12.2 Å². The van der Waals surface area contributed by atoms with Crippen LogP contribution < -0.4 is 16.4 Å². The molecule has 1 heterocycles. The largest absolute Gasteiger partial charge is 0.431 e. The molecule has 0 fully saturated rings. The second-order valence-corrected chi connectivity index (χ2v) is 8.49. The van der Waals surface area contributed by atoms with Crippen LogP contribution in [-0.2, 0) is 9.59 Å². The first-order valence-electron chi connectivity index (χ1n) is 10.8. The molecule has 0 saturated heterocycles. The van der Waals surface area contributed by atoms with Crippen LogP contribution in [0.5, 0.6) is 0 Å². The minimum atomic E-state index is -4.63. The zero-order valence-corrected chi connectivity index (χ0v) is 20.1. The Bertz CT molecular complexity index is 1150. The summed E-state index contributed by atoms with van der Waals surface area (Å²) in [5, 5.41) is 14.0. The number of aromatic nitrogens is 1. The van der Waals surface area contributed by atoms with Crippen molar-refractivity contribution in [3.05, 3.63) is 41.8 Å². The Hall–Kier alpha value is -3.46. The third-order valence-corrected chi connectivity index (χ3v) is 5.18. The summed E-state index contributed by atoms with van der Waals surface area (Å²) < 4.78 is 70.4. The third kappa shape index (κ3) is 9.17. The number of carbonyl (C=O) groups excluding carboxylic acids is 3. The zero-order chi connectivity index (χ0) is 27.9. The molecule has 9 nitrogen and oxygen atoms in total. The number of halogens is 5. The van der Waals surface area contributed by atoms with Gasteiger partial charge in [0.1, 0.15) is 22.7 Å². The van der Waals surface area contributed by atoms with E-state index in [4.69, 9.17) is 10.2 Å². The van der Waals surface area contributed by atoms with Gasteiger partial charge in [-0.05, 0) is 38.3 Å². The van der Waals surface area contributed by atoms with Crippen molar-refractivity contribution in [1.29, 1.82) is 0 Å². The van der Waals surface area contributed by atoms with Crippen LogP contribution in [0.1, 0.15) is 43.2 Å². The molecule has 15 heteroatoms. The predicted molar refractivity (Wildman–Crippen MR) is 123 cm³/mol. The Morgan fingerprint density at radius 1 is 1.14 bits per heavy atom. The number of benzene rings is 1. The van der Waals surface area contributed by atoms with Crippen molar-refractivity contribution in [1.82, 2.24) is 15.6 Å². The maximum Gasteiger partial charge on any atom is 0.389 e. The van der Waals surface area contributed by atoms with Crippen LogP contribution in [0.4, 0.5) is 22.0 Å². The highest BCUT2D eigenvalue weighted by Gasteiger charge is 2.33. The fourth-order valence-corrected chi connectivity index (χ4v) is 3.24. The fourth-order valence-electron chi connectivity index (χ4n) is 3.09. The number of nitrogens with two attached hydrogens (primary N) is 1. The van der Waals surface area contributed by atoms with E-state index in [1.807, 2.05) is 0 Å². The van der Waals surface area contributed by atoms with Crippen molar-refractivity contribution >= 4 is 34.8 Å². The van der Waals surface area contributed by atoms with Crippen molar-refractivity contribution in [2.45, 2.75) is 57.0 Å². The van der Waals surface area contributed by atoms with Crippen molar-refractivity contribution < 1.29 is 45.9 Å². The maximum atomic E-state index is 14.0. The number of nitrogens with zero attached hydrogens (tertiary/aromatic N) is 1. The number of Topliss-reactive ketones (excluding diaryl/α,β-unsaturated/α-hetero) is 1. The molecule has 0 radical (unpaired) electrons. The van der Waals surface area contributed by atoms with Gasteiger partial charge in [0.2, 0.25) is 23.3 Å². The van der Waals surface area contributed by atoms with Gasteiger partial charge in [0.15, 0.2) is 0 Å². The molecule has 1 unspecified atom stereocenters. The highest BCUT2D eigenvalue weighted by Crippen LogP contribution is 2.24. The molecule has 1 aromatic carbocycles. The molecule has 2 rings (SSSR count). The number of hydrogen-bond acceptors (Lipinski definition) is 7. The molecule has 202 valence electrons. The van der Waals surface area contributed by atoms with Gasteiger partial charge in [-0.1, -0.05) is 12.2 Å². The fraction of sp³-hybridized carbons (Fsp3) is 0.409. The molecule has 0 spiro atoms. The number of hydrogen-bond donors (Lipinski definition) is 4. The van der Waals surface area contributed by atoms with Gasteiger partial charge in [-0.2, -0.15) is 13.2 Å². The number of carbonyl (C=O) groups is 3. The second-order valence-electron chi connectivity index (χ2n) is 8.05. The number of amides is 2. The first-order valence-corrected chi connectivity index (χ1v) is 11.2. The molecule has 2 amide bonds. The van der Waals surface area contributed by atoms with Gasteiger partial charge < -0.3 is 25.9 Å². The number of aliphatic hydroxyl groups excluding tert-OH is 1. The van der Waals surface area contributed by atoms with Gasteiger partial charge in [-0.15, -0.1) is 0 Å². The van der Waals surface area contributed by atoms with E-state index in [2.05, 4.69) is 27.8 Å². The lowest BCUT2D eigenvalue weighted by atomic mass is 10.0. The van der Waals surface area contributed by atoms with Gasteiger partial charge in [-0.3, -0.25) is 14.4 Å². The average molecular weight is 551 g/mol. The van der Waals surface area contributed by atoms with E-state index in [-0.39, 0.29) is 24.3 Å². The summed E-state index contributed by atoms with van der Waals surface area (Å²) in [6.07, 6.45) is -7.10. The smallest absolute Gasteiger partial charge is 0.389 e. The maximum absolute atomic E-state index is 14.0. The highest BCUT2D eigenvalue weighted by molar-refractivity contribution is 7.82. The zero-order valence-electron chi connectivity index (χ0n) is 19.3. The molecule has 1 aromatic heterocycles. The van der Waals surface area contributed by atoms with Crippen molar-refractivity contribution in [2.75, 3.05) is 0 Å². The lowest BCUT2D eigenvalue weighted by molar-refractivity contribution is -0.140. The highest BCUT2D eigenvalue weighted by atomic mass is 32.1. The van der Waals surface area contributed by atoms with Gasteiger partial charge in [0, 0.05) is 12.5 Å². The Morgan fingerprint density at radius 2 is 1.81 bits per heavy atom. The summed E-state index contributed by atoms with van der Waals surface area (Å²) in [6, 6.07) is -0.583. The number of thiocarbonyl (C=S) groups is 1. The van der Waals surface area contributed by atoms with Gasteiger partial charge >= 0.3 is 6.18 Å². The number of rotatable bonds is 12. The topological polar surface area (TPSA) is 148 Å². The second kappa shape index (κ2) is 12.7. The number of nitrogens with one attached hydrogen (secondary N) is 2. The van der Waals surface area contributed by atoms with Crippen molar-refractivity contribution in [3.8, 4) is 11.5 Å². The standard InChI is InChI=1S/C22H23F5N4O5S/c1-10(32)2-5-15(19(34)30-14(17(33)18(28)37)6-7-22(25,26)27)31-20(35)16-9-29-21(36-16)12-4-3-11(23)8-13(12)24/h3-4,8-10,14-15,32H,2,5-7H2,1H3,(H2,28,37)(H,30,34)(H,31,35)/t10?,14-,15-/m0/s1. The van der Waals surface area contributed by atoms with Gasteiger partial charge in [0.05, 0.1) is 23.9 Å². The molecule has 2 aromatic rings. The van der Waals surface area contributed by atoms with E-state index in [9.17, 15) is 41.4 Å². The van der Waals surface area contributed by atoms with Crippen LogP contribution in [0, 0.1) is 11.6 Å². The molecule has 5 N–H and O–H groups in total. The summed E-state index contributed by atoms with van der Waals surface area (Å²) in [5.41, 5.74) is 4.99. The normalized spacial score (nSPS) is 13.9. The molecular formula is C22H23F5N4O5S. The van der Waals surface area contributed by atoms with Crippen LogP contribution in [-0.4, -0.2) is 57.0 Å². The Morgan fingerprint density at radius 3 is 2.38 bits per heavy atom. The number of oxazole rings is 1. The van der Waals surface area contributed by atoms with E-state index >= 15 is 0 Å². The number of aliphatic hydroxyl groups is 1. The molecule has 0 aliphatic carbocycles. The van der Waals surface area contributed by atoms with E-state index in [1.54, 1.807) is 0 Å². The number of ketones is 1. The first-order chi connectivity index (χ1) is 17.2. The third-order valence-electron chi connectivity index (χ3n) is 4.98. The summed E-state index contributed by atoms with van der Waals surface area (Å²) in [7, 11) is 0. The van der Waals surface area contributed by atoms with E-state index in [1.165, 1.54) is 6.92 Å². The Kier molecular flexibility index (Phi) is 10.2. The number of alkyl halides is 3. The first kappa shape index (κ1) is 29.8. The van der Waals surface area contributed by atoms with Crippen molar-refractivity contribution in [2.24, 2.45) is 5.73 Å². The van der Waals surface area contributed by atoms with Gasteiger partial charge in [0.25, 0.3) is 5.91 Å². The monoisotopic (exact) mass is 550 g/mol. The summed E-state index contributed by atoms with van der Waals surface area (Å²) in [6.45, 7) is 1.40. The summed E-state index contributed by atoms with van der Waals surface area (Å²) in [4.78, 5) is 40.7. The van der Waals surface area contributed by atoms with Crippen LogP contribution in [0.15, 0.2) is 28.8 Å². The van der Waals surface area contributed by atoms with Crippen LogP contribution in [0.2, 0.25) is 0 Å². The van der Waals surface area contributed by atoms with Gasteiger partial charge in [-0.25, -0.2) is 13.8 Å².